The molecule has 2 saturated heterocycles. The number of hydrogen-bond donors (Lipinski definition) is 5. The van der Waals surface area contributed by atoms with Gasteiger partial charge in [-0.15, -0.1) is 23.5 Å². The van der Waals surface area contributed by atoms with Gasteiger partial charge in [0.25, 0.3) is 0 Å². The number of amides is 4. The summed E-state index contributed by atoms with van der Waals surface area (Å²) in [5.41, 5.74) is 5.40. The Bertz CT molecular complexity index is 914. The fraction of sp³-hybridized carbons (Fsp3) is 0.727. The van der Waals surface area contributed by atoms with E-state index >= 15 is 0 Å². The van der Waals surface area contributed by atoms with Gasteiger partial charge in [0.05, 0.1) is 36.0 Å². The highest BCUT2D eigenvalue weighted by Crippen LogP contribution is 2.52. The Morgan fingerprint density at radius 2 is 1.97 bits per heavy atom. The average Bonchev–Trinajstić information content (AvgIpc) is 3.33. The van der Waals surface area contributed by atoms with Crippen molar-refractivity contribution in [3.05, 3.63) is 10.6 Å². The third kappa shape index (κ3) is 5.06. The van der Waals surface area contributed by atoms with Crippen molar-refractivity contribution >= 4 is 47.3 Å². The molecule has 8 atom stereocenters. The Morgan fingerprint density at radius 3 is 2.49 bits per heavy atom. The van der Waals surface area contributed by atoms with Gasteiger partial charge < -0.3 is 31.3 Å². The van der Waals surface area contributed by atoms with E-state index in [1.54, 1.807) is 13.8 Å². The number of carbonyl (C=O) groups excluding carboxylic acids is 3. The lowest BCUT2D eigenvalue weighted by atomic mass is 9.79. The van der Waals surface area contributed by atoms with Crippen LogP contribution >= 0.6 is 23.5 Å². The summed E-state index contributed by atoms with van der Waals surface area (Å²) in [4.78, 5) is 52.6. The minimum atomic E-state index is -1.17. The molecule has 0 aromatic heterocycles. The highest BCUT2D eigenvalue weighted by Gasteiger charge is 2.60. The molecule has 2 fully saturated rings. The largest absolute Gasteiger partial charge is 0.477 e. The quantitative estimate of drug-likeness (QED) is 0.242. The van der Waals surface area contributed by atoms with Gasteiger partial charge in [0, 0.05) is 28.7 Å². The second kappa shape index (κ2) is 11.1. The van der Waals surface area contributed by atoms with Gasteiger partial charge in [-0.3, -0.25) is 14.5 Å². The molecule has 0 bridgehead atoms. The van der Waals surface area contributed by atoms with Crippen molar-refractivity contribution in [2.45, 2.75) is 68.8 Å². The lowest BCUT2D eigenvalue weighted by Gasteiger charge is -2.46. The number of aliphatic carboxylic acids is 1. The summed E-state index contributed by atoms with van der Waals surface area (Å²) in [6.07, 6.45) is -0.328. The summed E-state index contributed by atoms with van der Waals surface area (Å²) in [6, 6.07) is -2.33. The molecule has 11 nitrogen and oxygen atoms in total. The number of carboxylic acids is 1. The summed E-state index contributed by atoms with van der Waals surface area (Å²) in [5.74, 6) is -2.25. The average molecular weight is 531 g/mol. The zero-order valence-electron chi connectivity index (χ0n) is 20.2. The summed E-state index contributed by atoms with van der Waals surface area (Å²) in [7, 11) is 0. The molecule has 0 aromatic rings. The van der Waals surface area contributed by atoms with Crippen LogP contribution in [-0.4, -0.2) is 103 Å². The number of primary amides is 1. The molecule has 3 heterocycles. The van der Waals surface area contributed by atoms with Gasteiger partial charge in [-0.05, 0) is 26.0 Å². The fourth-order valence-electron chi connectivity index (χ4n) is 5.21. The van der Waals surface area contributed by atoms with E-state index in [0.29, 0.717) is 23.6 Å². The molecule has 13 heteroatoms. The van der Waals surface area contributed by atoms with Crippen molar-refractivity contribution in [3.8, 4) is 0 Å². The number of β-lactam (4-membered cyclic amide) rings is 1. The molecule has 0 aromatic carbocycles. The zero-order valence-corrected chi connectivity index (χ0v) is 21.8. The maximum Gasteiger partial charge on any atom is 0.353 e. The highest BCUT2D eigenvalue weighted by molar-refractivity contribution is 8.03. The Kier molecular flexibility index (Phi) is 8.79. The highest BCUT2D eigenvalue weighted by atomic mass is 32.2. The second-order valence-electron chi connectivity index (χ2n) is 9.22. The normalized spacial score (nSPS) is 30.5. The number of hydrogen-bond acceptors (Lipinski definition) is 9. The number of aliphatic hydroxyl groups excluding tert-OH is 2. The van der Waals surface area contributed by atoms with Gasteiger partial charge in [0.1, 0.15) is 5.70 Å². The van der Waals surface area contributed by atoms with Crippen molar-refractivity contribution in [1.82, 2.24) is 15.1 Å². The van der Waals surface area contributed by atoms with Gasteiger partial charge in [-0.25, -0.2) is 9.59 Å². The Morgan fingerprint density at radius 1 is 1.31 bits per heavy atom. The maximum absolute atomic E-state index is 13.2. The topological polar surface area (TPSA) is 173 Å². The molecule has 3 rings (SSSR count). The molecule has 3 unspecified atom stereocenters. The van der Waals surface area contributed by atoms with E-state index in [4.69, 9.17) is 5.73 Å². The van der Waals surface area contributed by atoms with Crippen molar-refractivity contribution in [2.24, 2.45) is 17.6 Å². The molecule has 0 saturated carbocycles. The number of rotatable bonds is 10. The van der Waals surface area contributed by atoms with Crippen LogP contribution in [0.5, 0.6) is 0 Å². The molecule has 196 valence electrons. The van der Waals surface area contributed by atoms with E-state index in [1.165, 1.54) is 28.4 Å². The SMILES string of the molecule is CCSC(C(=O)N(C(N)=O)C(C)CO)[C@@H]1C[C@H](SC2=C(C(=O)O)N3C(=O)[C@@H](C(C)O)[C@H]3[C@H]2C)CN1. The summed E-state index contributed by atoms with van der Waals surface area (Å²) < 4.78 is 0. The molecule has 6 N–H and O–H groups in total. The predicted molar refractivity (Wildman–Crippen MR) is 132 cm³/mol. The maximum atomic E-state index is 13.2. The smallest absolute Gasteiger partial charge is 0.353 e. The number of aliphatic hydroxyl groups is 2. The number of nitrogens with zero attached hydrogens (tertiary/aromatic N) is 2. The number of imide groups is 1. The van der Waals surface area contributed by atoms with Gasteiger partial charge in [0.2, 0.25) is 11.8 Å². The Labute approximate surface area is 212 Å². The van der Waals surface area contributed by atoms with Crippen LogP contribution in [0.4, 0.5) is 4.79 Å². The summed E-state index contributed by atoms with van der Waals surface area (Å²) >= 11 is 2.78. The van der Waals surface area contributed by atoms with Crippen LogP contribution in [-0.2, 0) is 14.4 Å². The lowest BCUT2D eigenvalue weighted by Crippen LogP contribution is -2.63. The van der Waals surface area contributed by atoms with Crippen LogP contribution < -0.4 is 11.1 Å². The van der Waals surface area contributed by atoms with Crippen molar-refractivity contribution in [2.75, 3.05) is 18.9 Å². The van der Waals surface area contributed by atoms with Gasteiger partial charge in [-0.1, -0.05) is 13.8 Å². The Hall–Kier alpha value is -1.80. The molecule has 0 radical (unpaired) electrons. The standard InChI is InChI=1S/C22H34N4O7S2/c1-5-34-18(20(30)25(22(23)33)9(2)8-27)13-6-12(7-24-13)35-17-10(3)15-14(11(4)28)19(29)26(15)16(17)21(31)32/h9-15,18,24,27-28H,5-8H2,1-4H3,(H2,23,33)(H,31,32)/t9?,10-,11?,12+,13+,14+,15-,18?/m1/s1. The monoisotopic (exact) mass is 530 g/mol. The van der Waals surface area contributed by atoms with Crippen molar-refractivity contribution in [1.29, 1.82) is 0 Å². The molecule has 3 aliphatic rings. The van der Waals surface area contributed by atoms with Gasteiger partial charge in [-0.2, -0.15) is 0 Å². The number of fused-ring (bicyclic) bond motifs is 1. The first-order valence-corrected chi connectivity index (χ1v) is 13.6. The van der Waals surface area contributed by atoms with Crippen molar-refractivity contribution < 1.29 is 34.5 Å². The fourth-order valence-corrected chi connectivity index (χ4v) is 7.76. The minimum absolute atomic E-state index is 0.0231. The van der Waals surface area contributed by atoms with E-state index < -0.39 is 47.8 Å². The number of urea groups is 1. The third-order valence-electron chi connectivity index (χ3n) is 6.86. The molecule has 3 aliphatic heterocycles. The number of nitrogens with one attached hydrogen (secondary N) is 1. The second-order valence-corrected chi connectivity index (χ2v) is 12.0. The number of carbonyl (C=O) groups is 4. The van der Waals surface area contributed by atoms with Gasteiger partial charge in [0.15, 0.2) is 0 Å². The van der Waals surface area contributed by atoms with E-state index in [1.807, 2.05) is 13.8 Å². The molecule has 0 aliphatic carbocycles. The summed E-state index contributed by atoms with van der Waals surface area (Å²) in [6.45, 7) is 6.97. The van der Waals surface area contributed by atoms with E-state index in [9.17, 15) is 34.5 Å². The summed E-state index contributed by atoms with van der Waals surface area (Å²) in [5, 5.41) is 32.0. The van der Waals surface area contributed by atoms with E-state index in [0.717, 1.165) is 4.90 Å². The molecular weight excluding hydrogens is 496 g/mol. The van der Waals surface area contributed by atoms with Crippen molar-refractivity contribution in [3.63, 3.8) is 0 Å². The Balaban J connectivity index is 1.77. The first kappa shape index (κ1) is 27.8. The van der Waals surface area contributed by atoms with Crippen LogP contribution in [0.15, 0.2) is 10.6 Å². The predicted octanol–water partition coefficient (Wildman–Crippen LogP) is 0.0136. The van der Waals surface area contributed by atoms with Crippen LogP contribution in [0.1, 0.15) is 34.1 Å². The van der Waals surface area contributed by atoms with Crippen LogP contribution in [0, 0.1) is 11.8 Å². The van der Waals surface area contributed by atoms with E-state index in [2.05, 4.69) is 5.32 Å². The first-order valence-electron chi connectivity index (χ1n) is 11.7. The van der Waals surface area contributed by atoms with Gasteiger partial charge >= 0.3 is 12.0 Å². The lowest BCUT2D eigenvalue weighted by molar-refractivity contribution is -0.163. The first-order chi connectivity index (χ1) is 16.5. The van der Waals surface area contributed by atoms with Crippen LogP contribution in [0.3, 0.4) is 0 Å². The number of thioether (sulfide) groups is 2. The zero-order chi connectivity index (χ0) is 26.2. The van der Waals surface area contributed by atoms with Crippen LogP contribution in [0.2, 0.25) is 0 Å². The molecule has 0 spiro atoms. The number of nitrogens with two attached hydrogens (primary N) is 1. The molecular formula is C22H34N4O7S2. The molecule has 4 amide bonds. The molecule has 35 heavy (non-hydrogen) atoms. The number of carboxylic acid groups (broad SMARTS) is 1. The van der Waals surface area contributed by atoms with E-state index in [-0.39, 0.29) is 34.9 Å². The minimum Gasteiger partial charge on any atom is -0.477 e. The third-order valence-corrected chi connectivity index (χ3v) is 9.60. The van der Waals surface area contributed by atoms with Crippen LogP contribution in [0.25, 0.3) is 0 Å².